The van der Waals surface area contributed by atoms with Gasteiger partial charge in [-0.15, -0.1) is 0 Å². The number of para-hydroxylation sites is 1. The highest BCUT2D eigenvalue weighted by Crippen LogP contribution is 2.51. The van der Waals surface area contributed by atoms with Crippen LogP contribution in [-0.4, -0.2) is 16.1 Å². The summed E-state index contributed by atoms with van der Waals surface area (Å²) in [5, 5.41) is 9.41. The second-order valence-corrected chi connectivity index (χ2v) is 32.5. The van der Waals surface area contributed by atoms with Gasteiger partial charge in [0.25, 0.3) is 0 Å². The van der Waals surface area contributed by atoms with E-state index >= 15 is 0 Å². The Morgan fingerprint density at radius 3 is 1.23 bits per heavy atom. The van der Waals surface area contributed by atoms with Gasteiger partial charge < -0.3 is 18.6 Å². The minimum atomic E-state index is -1.55. The summed E-state index contributed by atoms with van der Waals surface area (Å²) < 4.78 is 14.3. The lowest BCUT2D eigenvalue weighted by Gasteiger charge is -2.29. The van der Waals surface area contributed by atoms with Crippen molar-refractivity contribution in [1.82, 2.24) is 0 Å². The molecule has 8 aromatic carbocycles. The smallest absolute Gasteiger partial charge is 0.160 e. The van der Waals surface area contributed by atoms with Gasteiger partial charge in [0, 0.05) is 61.8 Å². The monoisotopic (exact) mass is 898 g/mol. The molecule has 0 saturated heterocycles. The molecule has 0 aliphatic heterocycles. The SMILES string of the molecule is CC(C)(C)c1ccc(N(c2ccc([Si](C)(C)C)cc2)c2cc3oc4cc(N(c5ccc(C(C)(C)C)cc5)c5ccc([Si](C)(C)C)cc5)c5oc6ccccc6c5c4c3c3ccccc23)cc1. The van der Waals surface area contributed by atoms with Crippen LogP contribution in [0, 0.1) is 0 Å². The van der Waals surface area contributed by atoms with Crippen molar-refractivity contribution in [2.75, 3.05) is 9.80 Å². The zero-order valence-corrected chi connectivity index (χ0v) is 42.7. The molecular weight excluding hydrogens is 837 g/mol. The minimum Gasteiger partial charge on any atom is -0.456 e. The van der Waals surface area contributed by atoms with Crippen LogP contribution in [0.3, 0.4) is 0 Å². The van der Waals surface area contributed by atoms with Crippen molar-refractivity contribution in [2.24, 2.45) is 0 Å². The Morgan fingerprint density at radius 1 is 0.364 bits per heavy atom. The van der Waals surface area contributed by atoms with E-state index in [9.17, 15) is 0 Å². The molecule has 0 aliphatic carbocycles. The van der Waals surface area contributed by atoms with Crippen molar-refractivity contribution in [2.45, 2.75) is 91.7 Å². The lowest BCUT2D eigenvalue weighted by Crippen LogP contribution is -2.37. The molecule has 0 N–H and O–H groups in total. The van der Waals surface area contributed by atoms with E-state index in [1.165, 1.54) is 21.5 Å². The fraction of sp³-hybridized carbons (Fsp3) is 0.233. The average Bonchev–Trinajstić information content (AvgIpc) is 3.85. The number of anilines is 6. The summed E-state index contributed by atoms with van der Waals surface area (Å²) in [6, 6.07) is 58.4. The van der Waals surface area contributed by atoms with Crippen LogP contribution in [0.2, 0.25) is 39.3 Å². The molecule has 0 aliphatic rings. The van der Waals surface area contributed by atoms with Crippen LogP contribution in [0.5, 0.6) is 0 Å². The van der Waals surface area contributed by atoms with E-state index < -0.39 is 16.1 Å². The van der Waals surface area contributed by atoms with Gasteiger partial charge in [0.2, 0.25) is 0 Å². The molecule has 2 heterocycles. The first kappa shape index (κ1) is 43.5. The molecule has 0 spiro atoms. The van der Waals surface area contributed by atoms with E-state index in [4.69, 9.17) is 8.83 Å². The Balaban J connectivity index is 1.27. The van der Waals surface area contributed by atoms with E-state index in [0.29, 0.717) is 0 Å². The zero-order valence-electron chi connectivity index (χ0n) is 40.7. The average molecular weight is 899 g/mol. The zero-order chi connectivity index (χ0) is 46.5. The minimum absolute atomic E-state index is 0.0199. The van der Waals surface area contributed by atoms with Crippen molar-refractivity contribution in [3.63, 3.8) is 0 Å². The summed E-state index contributed by atoms with van der Waals surface area (Å²) in [5.74, 6) is 0. The molecule has 6 heteroatoms. The lowest BCUT2D eigenvalue weighted by atomic mass is 9.87. The first-order valence-electron chi connectivity index (χ1n) is 23.5. The number of hydrogen-bond donors (Lipinski definition) is 0. The second kappa shape index (κ2) is 15.6. The number of benzene rings is 8. The van der Waals surface area contributed by atoms with Crippen LogP contribution in [0.15, 0.2) is 167 Å². The standard InChI is InChI=1S/C60H62N2O2Si2/c1-59(2,3)39-21-25-41(26-22-39)61(43-29-33-45(34-30-43)65(7,8)9)50-37-53-55(48-18-14-13-17-47(48)50)57-54(63-53)38-51(58-56(57)49-19-15-16-20-52(49)64-58)62(42-27-23-40(24-28-42)60(4,5)6)44-31-35-46(36-32-44)66(10,11)12/h13-38H,1-12H3. The highest BCUT2D eigenvalue weighted by atomic mass is 28.3. The van der Waals surface area contributed by atoms with Crippen LogP contribution in [-0.2, 0) is 10.8 Å². The first-order valence-corrected chi connectivity index (χ1v) is 30.5. The van der Waals surface area contributed by atoms with Gasteiger partial charge in [0.1, 0.15) is 16.7 Å². The topological polar surface area (TPSA) is 32.8 Å². The second-order valence-electron chi connectivity index (χ2n) is 22.3. The molecule has 0 unspecified atom stereocenters. The Hall–Kier alpha value is -6.35. The molecular formula is C60H62N2O2Si2. The van der Waals surface area contributed by atoms with E-state index in [0.717, 1.165) is 88.8 Å². The fourth-order valence-corrected chi connectivity index (χ4v) is 12.0. The maximum absolute atomic E-state index is 7.28. The van der Waals surface area contributed by atoms with Gasteiger partial charge in [0.05, 0.1) is 27.5 Å². The molecule has 4 nitrogen and oxygen atoms in total. The van der Waals surface area contributed by atoms with Crippen molar-refractivity contribution in [3.05, 3.63) is 169 Å². The molecule has 2 aromatic heterocycles. The molecule has 332 valence electrons. The van der Waals surface area contributed by atoms with Crippen molar-refractivity contribution < 1.29 is 8.83 Å². The molecule has 10 rings (SSSR count). The maximum Gasteiger partial charge on any atom is 0.160 e. The maximum atomic E-state index is 7.28. The molecule has 66 heavy (non-hydrogen) atoms. The first-order chi connectivity index (χ1) is 31.3. The number of furan rings is 2. The van der Waals surface area contributed by atoms with E-state index in [-0.39, 0.29) is 10.8 Å². The van der Waals surface area contributed by atoms with E-state index in [2.05, 4.69) is 248 Å². The Labute approximate surface area is 392 Å². The Bertz CT molecular complexity index is 3310. The van der Waals surface area contributed by atoms with Crippen molar-refractivity contribution in [1.29, 1.82) is 0 Å². The van der Waals surface area contributed by atoms with Crippen LogP contribution >= 0.6 is 0 Å². The number of hydrogen-bond acceptors (Lipinski definition) is 4. The molecule has 0 radical (unpaired) electrons. The largest absolute Gasteiger partial charge is 0.456 e. The Kier molecular flexibility index (Phi) is 10.3. The predicted octanol–water partition coefficient (Wildman–Crippen LogP) is 17.3. The van der Waals surface area contributed by atoms with Crippen LogP contribution in [0.25, 0.3) is 54.6 Å². The molecule has 0 fully saturated rings. The summed E-state index contributed by atoms with van der Waals surface area (Å²) in [6.45, 7) is 28.1. The third kappa shape index (κ3) is 7.64. The summed E-state index contributed by atoms with van der Waals surface area (Å²) in [6.07, 6.45) is 0. The molecule has 0 amide bonds. The van der Waals surface area contributed by atoms with Crippen LogP contribution < -0.4 is 20.2 Å². The van der Waals surface area contributed by atoms with Gasteiger partial charge in [-0.1, -0.05) is 182 Å². The van der Waals surface area contributed by atoms with Gasteiger partial charge in [-0.25, -0.2) is 0 Å². The van der Waals surface area contributed by atoms with Gasteiger partial charge in [-0.05, 0) is 81.9 Å². The quantitative estimate of drug-likeness (QED) is 0.142. The number of rotatable bonds is 8. The van der Waals surface area contributed by atoms with Crippen LogP contribution in [0.1, 0.15) is 52.7 Å². The lowest BCUT2D eigenvalue weighted by molar-refractivity contribution is 0.590. The fourth-order valence-electron chi connectivity index (χ4n) is 9.62. The van der Waals surface area contributed by atoms with E-state index in [1.807, 2.05) is 0 Å². The van der Waals surface area contributed by atoms with E-state index in [1.54, 1.807) is 0 Å². The van der Waals surface area contributed by atoms with Gasteiger partial charge in [0.15, 0.2) is 5.58 Å². The van der Waals surface area contributed by atoms with Crippen molar-refractivity contribution >= 4 is 115 Å². The molecule has 0 atom stereocenters. The normalized spacial score (nSPS) is 12.8. The summed E-state index contributed by atoms with van der Waals surface area (Å²) in [5.41, 5.74) is 12.3. The molecule has 0 bridgehead atoms. The van der Waals surface area contributed by atoms with Gasteiger partial charge in [-0.3, -0.25) is 0 Å². The predicted molar refractivity (Wildman–Crippen MR) is 291 cm³/mol. The third-order valence-corrected chi connectivity index (χ3v) is 17.6. The van der Waals surface area contributed by atoms with Crippen LogP contribution in [0.4, 0.5) is 34.1 Å². The number of fused-ring (bicyclic) bond motifs is 9. The summed E-state index contributed by atoms with van der Waals surface area (Å²) >= 11 is 0. The van der Waals surface area contributed by atoms with Crippen molar-refractivity contribution in [3.8, 4) is 0 Å². The highest BCUT2D eigenvalue weighted by molar-refractivity contribution is 6.89. The third-order valence-electron chi connectivity index (χ3n) is 13.5. The summed E-state index contributed by atoms with van der Waals surface area (Å²) in [4.78, 5) is 4.77. The summed E-state index contributed by atoms with van der Waals surface area (Å²) in [7, 11) is -3.09. The van der Waals surface area contributed by atoms with Gasteiger partial charge >= 0.3 is 0 Å². The van der Waals surface area contributed by atoms with Gasteiger partial charge in [-0.2, -0.15) is 0 Å². The highest BCUT2D eigenvalue weighted by Gasteiger charge is 2.29. The molecule has 0 saturated carbocycles. The number of nitrogens with zero attached hydrogens (tertiary/aromatic N) is 2. The molecule has 10 aromatic rings. The Morgan fingerprint density at radius 2 is 0.758 bits per heavy atom.